The van der Waals surface area contributed by atoms with Gasteiger partial charge in [-0.15, -0.1) is 0 Å². The van der Waals surface area contributed by atoms with Crippen LogP contribution in [0.2, 0.25) is 0 Å². The molecule has 2 nitrogen and oxygen atoms in total. The SMILES string of the molecule is [O]=[Zr]([F])([F])([F])([F])([F])[O]F. The molecule has 0 saturated heterocycles. The van der Waals surface area contributed by atoms with Gasteiger partial charge in [0.25, 0.3) is 0 Å². The molecule has 58 valence electrons. The second-order valence-corrected chi connectivity index (χ2v) is 9.74. The summed E-state index contributed by atoms with van der Waals surface area (Å²) in [5.41, 5.74) is 0. The minimum atomic E-state index is -12.8. The first-order chi connectivity index (χ1) is 3.24. The van der Waals surface area contributed by atoms with Crippen molar-refractivity contribution in [2.75, 3.05) is 0 Å². The predicted molar refractivity (Wildman–Crippen MR) is 8.42 cm³/mol. The topological polar surface area (TPSA) is 26.3 Å². The van der Waals surface area contributed by atoms with Gasteiger partial charge >= 0.3 is 42.8 Å². The van der Waals surface area contributed by atoms with Crippen LogP contribution in [0.25, 0.3) is 0 Å². The Bertz CT molecular complexity index is 213. The van der Waals surface area contributed by atoms with E-state index in [1.165, 1.54) is 0 Å². The van der Waals surface area contributed by atoms with Crippen LogP contribution in [0.3, 0.4) is 0 Å². The summed E-state index contributed by atoms with van der Waals surface area (Å²) >= 11 is -12.8. The normalized spacial score (nSPS) is 25.3. The first-order valence-electron chi connectivity index (χ1n) is 1.51. The van der Waals surface area contributed by atoms with Gasteiger partial charge in [-0.2, -0.15) is 0 Å². The van der Waals surface area contributed by atoms with Crippen molar-refractivity contribution in [3.63, 3.8) is 0 Å². The summed E-state index contributed by atoms with van der Waals surface area (Å²) in [7, 11) is 0. The Balaban J connectivity index is 5.50. The van der Waals surface area contributed by atoms with Crippen LogP contribution >= 0.6 is 0 Å². The van der Waals surface area contributed by atoms with Gasteiger partial charge in [0.2, 0.25) is 0 Å². The Morgan fingerprint density at radius 1 is 1.00 bits per heavy atom. The van der Waals surface area contributed by atoms with Crippen molar-refractivity contribution in [1.82, 2.24) is 0 Å². The predicted octanol–water partition coefficient (Wildman–Crippen LogP) is 2.33. The van der Waals surface area contributed by atoms with Crippen LogP contribution in [0.4, 0.5) is 17.7 Å². The number of halogens is 6. The van der Waals surface area contributed by atoms with E-state index in [1.54, 1.807) is 0 Å². The van der Waals surface area contributed by atoms with Crippen LogP contribution in [0.1, 0.15) is 0 Å². The zero-order valence-corrected chi connectivity index (χ0v) is 6.04. The third-order valence-electron chi connectivity index (χ3n) is 0.177. The number of hydrogen-bond acceptors (Lipinski definition) is 2. The Labute approximate surface area is 43.4 Å². The molecular formula is F6O2Zr. The Hall–Kier alpha value is 0.223. The summed E-state index contributed by atoms with van der Waals surface area (Å²) in [5, 5.41) is 0. The van der Waals surface area contributed by atoms with Crippen molar-refractivity contribution in [2.45, 2.75) is 0 Å². The van der Waals surface area contributed by atoms with Gasteiger partial charge in [-0.3, -0.25) is 0 Å². The quantitative estimate of drug-likeness (QED) is 0.654. The first-order valence-corrected chi connectivity index (χ1v) is 8.16. The van der Waals surface area contributed by atoms with Crippen LogP contribution in [0.5, 0.6) is 0 Å². The molecule has 0 spiro atoms. The van der Waals surface area contributed by atoms with Crippen LogP contribution in [-0.4, -0.2) is 0 Å². The molecule has 0 aromatic heterocycles. The fraction of sp³-hybridized carbons (Fsp3) is 0. The zero-order valence-electron chi connectivity index (χ0n) is 3.58. The summed E-state index contributed by atoms with van der Waals surface area (Å²) in [6, 6.07) is 0. The third-order valence-corrected chi connectivity index (χ3v) is 1.05. The molecule has 0 unspecified atom stereocenters. The van der Waals surface area contributed by atoms with E-state index in [-0.39, 0.29) is 0 Å². The summed E-state index contributed by atoms with van der Waals surface area (Å²) in [4.78, 5) is 0. The number of hydrogen-bond donors (Lipinski definition) is 0. The van der Waals surface area contributed by atoms with E-state index in [0.717, 1.165) is 0 Å². The van der Waals surface area contributed by atoms with Crippen molar-refractivity contribution in [2.24, 2.45) is 0 Å². The average molecular weight is 237 g/mol. The molecule has 0 aromatic rings. The van der Waals surface area contributed by atoms with E-state index >= 15 is 0 Å². The Morgan fingerprint density at radius 2 is 1.11 bits per heavy atom. The van der Waals surface area contributed by atoms with E-state index in [1.807, 2.05) is 0 Å². The van der Waals surface area contributed by atoms with Gasteiger partial charge < -0.3 is 0 Å². The minimum absolute atomic E-state index is 0.303. The van der Waals surface area contributed by atoms with Crippen LogP contribution in [-0.2, 0) is 25.1 Å². The molecule has 0 N–H and O–H groups in total. The fourth-order valence-electron chi connectivity index (χ4n) is 0. The van der Waals surface area contributed by atoms with Crippen molar-refractivity contribution in [1.29, 1.82) is 0 Å². The molecule has 0 saturated carbocycles. The summed E-state index contributed by atoms with van der Waals surface area (Å²) in [6.45, 7) is 0. The molecular weight excluding hydrogens is 237 g/mol. The Kier molecular flexibility index (Phi) is 0.890. The monoisotopic (exact) mass is 236 g/mol. The molecule has 0 amide bonds. The summed E-state index contributed by atoms with van der Waals surface area (Å²) in [5.74, 6) is 0. The maximum atomic E-state index is 10.6. The van der Waals surface area contributed by atoms with Crippen molar-refractivity contribution < 1.29 is 42.8 Å². The molecule has 0 atom stereocenters. The Morgan fingerprint density at radius 3 is 1.11 bits per heavy atom. The van der Waals surface area contributed by atoms with Gasteiger partial charge in [0.05, 0.1) is 0 Å². The molecule has 0 aliphatic rings. The molecule has 0 rings (SSSR count). The van der Waals surface area contributed by atoms with E-state index in [0.29, 0.717) is 3.02 Å². The van der Waals surface area contributed by atoms with Crippen molar-refractivity contribution >= 4 is 0 Å². The van der Waals surface area contributed by atoms with Crippen LogP contribution in [0.15, 0.2) is 0 Å². The molecule has 0 aromatic carbocycles. The van der Waals surface area contributed by atoms with Gasteiger partial charge in [0.15, 0.2) is 0 Å². The molecule has 0 aliphatic carbocycles. The van der Waals surface area contributed by atoms with E-state index in [2.05, 4.69) is 0 Å². The fourth-order valence-corrected chi connectivity index (χ4v) is 0. The van der Waals surface area contributed by atoms with Gasteiger partial charge in [-0.25, -0.2) is 0 Å². The van der Waals surface area contributed by atoms with Crippen LogP contribution in [0, 0.1) is 0 Å². The van der Waals surface area contributed by atoms with Gasteiger partial charge in [-0.1, -0.05) is 0 Å². The van der Waals surface area contributed by atoms with E-state index in [9.17, 15) is 17.7 Å². The molecule has 0 fully saturated rings. The van der Waals surface area contributed by atoms with E-state index < -0.39 is 19.3 Å². The second-order valence-electron chi connectivity index (χ2n) is 1.65. The molecule has 0 radical (unpaired) electrons. The summed E-state index contributed by atoms with van der Waals surface area (Å²) < 4.78 is 71.6. The molecule has 0 heterocycles. The van der Waals surface area contributed by atoms with Gasteiger partial charge in [0, 0.05) is 0 Å². The molecule has 9 heteroatoms. The average Bonchev–Trinajstić information content (AvgIpc) is 1.27. The second kappa shape index (κ2) is 0.869. The maximum absolute atomic E-state index is 12.8. The van der Waals surface area contributed by atoms with E-state index in [4.69, 9.17) is 2.81 Å². The molecule has 9 heavy (non-hydrogen) atoms. The first kappa shape index (κ1) is 9.22. The molecule has 0 bridgehead atoms. The van der Waals surface area contributed by atoms with Crippen molar-refractivity contribution in [3.8, 4) is 0 Å². The standard InChI is InChI=1S/FO.5FH.O.Zr/c1-2;;;;;;;/h;5*1H;;/q-1;;;;;;;+6/p-5. The van der Waals surface area contributed by atoms with Crippen LogP contribution < -0.4 is 0 Å². The third kappa shape index (κ3) is 8.22. The van der Waals surface area contributed by atoms with Gasteiger partial charge in [-0.05, 0) is 0 Å². The summed E-state index contributed by atoms with van der Waals surface area (Å²) in [6.07, 6.45) is 0. The van der Waals surface area contributed by atoms with Crippen molar-refractivity contribution in [3.05, 3.63) is 0 Å². The van der Waals surface area contributed by atoms with Gasteiger partial charge in [0.1, 0.15) is 0 Å². The molecule has 0 aliphatic heterocycles. The zero-order chi connectivity index (χ0) is 8.09. The number of rotatable bonds is 1.